The molecule has 108 valence electrons. The second-order valence-electron chi connectivity index (χ2n) is 5.58. The largest absolute Gasteiger partial charge is 0.357 e. The van der Waals surface area contributed by atoms with Crippen LogP contribution in [0.4, 0.5) is 5.82 Å². The van der Waals surface area contributed by atoms with E-state index in [4.69, 9.17) is 0 Å². The van der Waals surface area contributed by atoms with Gasteiger partial charge in [-0.1, -0.05) is 19.3 Å². The molecule has 4 heteroatoms. The Labute approximate surface area is 125 Å². The molecule has 20 heavy (non-hydrogen) atoms. The van der Waals surface area contributed by atoms with Crippen LogP contribution in [-0.2, 0) is 0 Å². The summed E-state index contributed by atoms with van der Waals surface area (Å²) in [6.07, 6.45) is 8.53. The number of fused-ring (bicyclic) bond motifs is 1. The number of hydrogen-bond acceptors (Lipinski definition) is 4. The van der Waals surface area contributed by atoms with E-state index in [9.17, 15) is 0 Å². The third-order valence-corrected chi connectivity index (χ3v) is 5.39. The second-order valence-corrected chi connectivity index (χ2v) is 6.43. The SMILES string of the molecule is CCN(CC)c1ncnc2scc(C3CCCCC3)c12. The van der Waals surface area contributed by atoms with E-state index >= 15 is 0 Å². The van der Waals surface area contributed by atoms with Crippen molar-refractivity contribution in [3.05, 3.63) is 17.3 Å². The average Bonchev–Trinajstić information content (AvgIpc) is 2.94. The van der Waals surface area contributed by atoms with Gasteiger partial charge in [0.2, 0.25) is 0 Å². The van der Waals surface area contributed by atoms with Crippen LogP contribution < -0.4 is 4.90 Å². The predicted molar refractivity (Wildman–Crippen MR) is 86.8 cm³/mol. The molecule has 3 rings (SSSR count). The summed E-state index contributed by atoms with van der Waals surface area (Å²) in [5, 5.41) is 3.66. The van der Waals surface area contributed by atoms with Crippen LogP contribution in [-0.4, -0.2) is 23.1 Å². The number of thiophene rings is 1. The van der Waals surface area contributed by atoms with E-state index in [1.54, 1.807) is 17.7 Å². The summed E-state index contributed by atoms with van der Waals surface area (Å²) in [5.41, 5.74) is 1.51. The van der Waals surface area contributed by atoms with Crippen molar-refractivity contribution in [3.8, 4) is 0 Å². The van der Waals surface area contributed by atoms with E-state index in [1.807, 2.05) is 0 Å². The van der Waals surface area contributed by atoms with E-state index in [-0.39, 0.29) is 0 Å². The summed E-state index contributed by atoms with van der Waals surface area (Å²) < 4.78 is 0. The molecule has 2 aromatic heterocycles. The first-order valence-corrected chi connectivity index (χ1v) is 8.70. The maximum atomic E-state index is 4.60. The smallest absolute Gasteiger partial charge is 0.141 e. The number of anilines is 1. The predicted octanol–water partition coefficient (Wildman–Crippen LogP) is 4.59. The van der Waals surface area contributed by atoms with Crippen LogP contribution in [0, 0.1) is 0 Å². The molecular weight excluding hydrogens is 266 g/mol. The second kappa shape index (κ2) is 6.08. The van der Waals surface area contributed by atoms with Gasteiger partial charge in [0.05, 0.1) is 5.39 Å². The van der Waals surface area contributed by atoms with Crippen molar-refractivity contribution >= 4 is 27.4 Å². The summed E-state index contributed by atoms with van der Waals surface area (Å²) in [6.45, 7) is 6.40. The maximum absolute atomic E-state index is 4.60. The summed E-state index contributed by atoms with van der Waals surface area (Å²) in [5.74, 6) is 1.86. The molecule has 0 N–H and O–H groups in total. The van der Waals surface area contributed by atoms with Gasteiger partial charge in [-0.15, -0.1) is 11.3 Å². The first-order chi connectivity index (χ1) is 9.85. The van der Waals surface area contributed by atoms with E-state index in [0.717, 1.165) is 29.7 Å². The Morgan fingerprint density at radius 3 is 2.60 bits per heavy atom. The fourth-order valence-corrected chi connectivity index (χ4v) is 4.34. The van der Waals surface area contributed by atoms with Crippen LogP contribution in [0.1, 0.15) is 57.4 Å². The monoisotopic (exact) mass is 289 g/mol. The molecule has 1 saturated carbocycles. The zero-order valence-corrected chi connectivity index (χ0v) is 13.2. The van der Waals surface area contributed by atoms with Crippen LogP contribution in [0.5, 0.6) is 0 Å². The molecule has 2 aromatic rings. The molecule has 0 unspecified atom stereocenters. The van der Waals surface area contributed by atoms with Crippen LogP contribution >= 0.6 is 11.3 Å². The summed E-state index contributed by atoms with van der Waals surface area (Å²) in [6, 6.07) is 0. The molecule has 1 fully saturated rings. The van der Waals surface area contributed by atoms with Crippen LogP contribution in [0.15, 0.2) is 11.7 Å². The molecule has 3 nitrogen and oxygen atoms in total. The van der Waals surface area contributed by atoms with Crippen LogP contribution in [0.25, 0.3) is 10.2 Å². The normalized spacial score (nSPS) is 16.7. The maximum Gasteiger partial charge on any atom is 0.141 e. The Kier molecular flexibility index (Phi) is 4.20. The average molecular weight is 289 g/mol. The minimum absolute atomic E-state index is 0.720. The summed E-state index contributed by atoms with van der Waals surface area (Å²) in [7, 11) is 0. The van der Waals surface area contributed by atoms with Gasteiger partial charge in [0.1, 0.15) is 17.0 Å². The highest BCUT2D eigenvalue weighted by Crippen LogP contribution is 2.41. The Hall–Kier alpha value is -1.16. The molecule has 1 aliphatic rings. The Morgan fingerprint density at radius 1 is 1.15 bits per heavy atom. The topological polar surface area (TPSA) is 29.0 Å². The lowest BCUT2D eigenvalue weighted by Crippen LogP contribution is -2.23. The van der Waals surface area contributed by atoms with Gasteiger partial charge in [-0.25, -0.2) is 9.97 Å². The molecule has 0 spiro atoms. The Balaban J connectivity index is 2.08. The van der Waals surface area contributed by atoms with E-state index < -0.39 is 0 Å². The fraction of sp³-hybridized carbons (Fsp3) is 0.625. The highest BCUT2D eigenvalue weighted by atomic mass is 32.1. The van der Waals surface area contributed by atoms with Gasteiger partial charge in [0.15, 0.2) is 0 Å². The minimum atomic E-state index is 0.720. The van der Waals surface area contributed by atoms with Gasteiger partial charge in [0, 0.05) is 13.1 Å². The first-order valence-electron chi connectivity index (χ1n) is 7.82. The summed E-state index contributed by atoms with van der Waals surface area (Å²) in [4.78, 5) is 12.6. The lowest BCUT2D eigenvalue weighted by atomic mass is 9.84. The molecule has 0 amide bonds. The van der Waals surface area contributed by atoms with Crippen molar-refractivity contribution in [3.63, 3.8) is 0 Å². The highest BCUT2D eigenvalue weighted by molar-refractivity contribution is 7.17. The lowest BCUT2D eigenvalue weighted by Gasteiger charge is -2.24. The molecule has 0 aliphatic heterocycles. The molecular formula is C16H23N3S. The van der Waals surface area contributed by atoms with Gasteiger partial charge in [-0.3, -0.25) is 0 Å². The molecule has 0 bridgehead atoms. The third kappa shape index (κ3) is 2.41. The lowest BCUT2D eigenvalue weighted by molar-refractivity contribution is 0.446. The molecule has 0 saturated heterocycles. The third-order valence-electron chi connectivity index (χ3n) is 4.49. The van der Waals surface area contributed by atoms with Crippen molar-refractivity contribution in [2.24, 2.45) is 0 Å². The van der Waals surface area contributed by atoms with Crippen molar-refractivity contribution in [2.45, 2.75) is 51.9 Å². The molecule has 0 aromatic carbocycles. The minimum Gasteiger partial charge on any atom is -0.357 e. The first kappa shape index (κ1) is 13.8. The van der Waals surface area contributed by atoms with Crippen LogP contribution in [0.2, 0.25) is 0 Å². The Bertz CT molecular complexity index is 568. The van der Waals surface area contributed by atoms with Gasteiger partial charge < -0.3 is 4.90 Å². The molecule has 2 heterocycles. The number of rotatable bonds is 4. The van der Waals surface area contributed by atoms with E-state index in [2.05, 4.69) is 34.1 Å². The number of hydrogen-bond donors (Lipinski definition) is 0. The zero-order valence-electron chi connectivity index (χ0n) is 12.4. The van der Waals surface area contributed by atoms with Crippen molar-refractivity contribution in [2.75, 3.05) is 18.0 Å². The fourth-order valence-electron chi connectivity index (χ4n) is 3.36. The summed E-state index contributed by atoms with van der Waals surface area (Å²) >= 11 is 1.78. The number of nitrogens with zero attached hydrogens (tertiary/aromatic N) is 3. The molecule has 1 aliphatic carbocycles. The van der Waals surface area contributed by atoms with Crippen molar-refractivity contribution in [1.29, 1.82) is 0 Å². The van der Waals surface area contributed by atoms with Crippen molar-refractivity contribution < 1.29 is 0 Å². The zero-order chi connectivity index (χ0) is 13.9. The van der Waals surface area contributed by atoms with E-state index in [1.165, 1.54) is 43.1 Å². The quantitative estimate of drug-likeness (QED) is 0.824. The number of aromatic nitrogens is 2. The van der Waals surface area contributed by atoms with Gasteiger partial charge in [0.25, 0.3) is 0 Å². The van der Waals surface area contributed by atoms with Gasteiger partial charge in [-0.05, 0) is 43.6 Å². The standard InChI is InChI=1S/C16H23N3S/c1-3-19(4-2)15-14-13(12-8-6-5-7-9-12)10-20-16(14)18-11-17-15/h10-12H,3-9H2,1-2H3. The van der Waals surface area contributed by atoms with Gasteiger partial charge >= 0.3 is 0 Å². The van der Waals surface area contributed by atoms with E-state index in [0.29, 0.717) is 0 Å². The molecule has 0 radical (unpaired) electrons. The van der Waals surface area contributed by atoms with Crippen molar-refractivity contribution in [1.82, 2.24) is 9.97 Å². The van der Waals surface area contributed by atoms with Crippen LogP contribution in [0.3, 0.4) is 0 Å². The van der Waals surface area contributed by atoms with Gasteiger partial charge in [-0.2, -0.15) is 0 Å². The highest BCUT2D eigenvalue weighted by Gasteiger charge is 2.22. The Morgan fingerprint density at radius 2 is 1.90 bits per heavy atom. The molecule has 0 atom stereocenters.